The summed E-state index contributed by atoms with van der Waals surface area (Å²) in [4.78, 5) is 7.82. The van der Waals surface area contributed by atoms with Crippen molar-refractivity contribution in [2.24, 2.45) is 5.73 Å². The molecule has 0 unspecified atom stereocenters. The van der Waals surface area contributed by atoms with E-state index in [1.165, 1.54) is 12.4 Å². The molecule has 0 aliphatic rings. The molecule has 0 bridgehead atoms. The van der Waals surface area contributed by atoms with Crippen LogP contribution in [0, 0.1) is 9.39 Å². The van der Waals surface area contributed by atoms with Crippen molar-refractivity contribution in [3.05, 3.63) is 45.7 Å². The first-order chi connectivity index (χ1) is 8.22. The monoisotopic (exact) mass is 345 g/mol. The standard InChI is InChI=1S/C11H9FIN3O/c12-8-2-1-3-10(7(8)4-14)17-11-9(13)5-15-6-16-11/h1-3,5-6H,4,14H2. The lowest BCUT2D eigenvalue weighted by Gasteiger charge is -2.10. The largest absolute Gasteiger partial charge is 0.437 e. The van der Waals surface area contributed by atoms with Crippen molar-refractivity contribution in [2.45, 2.75) is 6.54 Å². The Labute approximate surface area is 111 Å². The van der Waals surface area contributed by atoms with E-state index < -0.39 is 0 Å². The highest BCUT2D eigenvalue weighted by atomic mass is 127. The van der Waals surface area contributed by atoms with E-state index in [4.69, 9.17) is 10.5 Å². The maximum atomic E-state index is 13.5. The summed E-state index contributed by atoms with van der Waals surface area (Å²) in [5, 5.41) is 0. The van der Waals surface area contributed by atoms with Gasteiger partial charge in [-0.2, -0.15) is 0 Å². The van der Waals surface area contributed by atoms with Crippen molar-refractivity contribution in [3.63, 3.8) is 0 Å². The van der Waals surface area contributed by atoms with Crippen molar-refractivity contribution in [1.82, 2.24) is 9.97 Å². The summed E-state index contributed by atoms with van der Waals surface area (Å²) in [6.07, 6.45) is 2.99. The molecular formula is C11H9FIN3O. The van der Waals surface area contributed by atoms with E-state index >= 15 is 0 Å². The number of nitrogens with two attached hydrogens (primary N) is 1. The van der Waals surface area contributed by atoms with Crippen LogP contribution < -0.4 is 10.5 Å². The Morgan fingerprint density at radius 1 is 1.41 bits per heavy atom. The number of rotatable bonds is 3. The fourth-order valence-electron chi connectivity index (χ4n) is 1.31. The van der Waals surface area contributed by atoms with E-state index in [0.717, 1.165) is 3.57 Å². The predicted octanol–water partition coefficient (Wildman–Crippen LogP) is 2.47. The molecule has 1 aromatic heterocycles. The summed E-state index contributed by atoms with van der Waals surface area (Å²) >= 11 is 2.04. The lowest BCUT2D eigenvalue weighted by Crippen LogP contribution is -2.03. The van der Waals surface area contributed by atoms with E-state index in [1.54, 1.807) is 18.3 Å². The molecule has 0 aliphatic carbocycles. The van der Waals surface area contributed by atoms with Gasteiger partial charge in [0.05, 0.1) is 3.57 Å². The van der Waals surface area contributed by atoms with E-state index in [0.29, 0.717) is 17.2 Å². The van der Waals surface area contributed by atoms with Gasteiger partial charge in [-0.15, -0.1) is 0 Å². The normalized spacial score (nSPS) is 10.3. The number of ether oxygens (including phenoxy) is 1. The van der Waals surface area contributed by atoms with E-state index in [2.05, 4.69) is 9.97 Å². The SMILES string of the molecule is NCc1c(F)cccc1Oc1ncncc1I. The molecule has 2 N–H and O–H groups in total. The van der Waals surface area contributed by atoms with E-state index in [-0.39, 0.29) is 12.4 Å². The number of aromatic nitrogens is 2. The average Bonchev–Trinajstić information content (AvgIpc) is 2.32. The Hall–Kier alpha value is -1.28. The first kappa shape index (κ1) is 12.2. The Balaban J connectivity index is 2.37. The molecule has 0 amide bonds. The summed E-state index contributed by atoms with van der Waals surface area (Å²) in [7, 11) is 0. The van der Waals surface area contributed by atoms with E-state index in [9.17, 15) is 4.39 Å². The molecule has 0 saturated heterocycles. The van der Waals surface area contributed by atoms with Crippen molar-refractivity contribution >= 4 is 22.6 Å². The van der Waals surface area contributed by atoms with Crippen LogP contribution in [-0.4, -0.2) is 9.97 Å². The molecule has 1 aromatic carbocycles. The van der Waals surface area contributed by atoms with Gasteiger partial charge in [0.2, 0.25) is 5.88 Å². The second kappa shape index (κ2) is 5.37. The molecule has 0 spiro atoms. The third kappa shape index (κ3) is 2.70. The number of hydrogen-bond acceptors (Lipinski definition) is 4. The van der Waals surface area contributed by atoms with Crippen LogP contribution in [0.15, 0.2) is 30.7 Å². The Morgan fingerprint density at radius 2 is 2.24 bits per heavy atom. The number of halogens is 2. The molecule has 6 heteroatoms. The Kier molecular flexibility index (Phi) is 3.85. The van der Waals surface area contributed by atoms with Gasteiger partial charge < -0.3 is 10.5 Å². The van der Waals surface area contributed by atoms with Gasteiger partial charge in [0.15, 0.2) is 0 Å². The van der Waals surface area contributed by atoms with Crippen LogP contribution in [0.3, 0.4) is 0 Å². The lowest BCUT2D eigenvalue weighted by atomic mass is 10.2. The predicted molar refractivity (Wildman–Crippen MR) is 69.1 cm³/mol. The minimum atomic E-state index is -0.380. The molecule has 0 saturated carbocycles. The Bertz CT molecular complexity index is 536. The number of benzene rings is 1. The molecule has 88 valence electrons. The second-order valence-electron chi connectivity index (χ2n) is 3.20. The zero-order valence-electron chi connectivity index (χ0n) is 8.73. The van der Waals surface area contributed by atoms with E-state index in [1.807, 2.05) is 22.6 Å². The third-order valence-electron chi connectivity index (χ3n) is 2.12. The van der Waals surface area contributed by atoms with Crippen LogP contribution in [0.1, 0.15) is 5.56 Å². The maximum absolute atomic E-state index is 13.5. The van der Waals surface area contributed by atoms with Gasteiger partial charge in [0.25, 0.3) is 0 Å². The molecule has 0 atom stereocenters. The molecular weight excluding hydrogens is 336 g/mol. The smallest absolute Gasteiger partial charge is 0.235 e. The van der Waals surface area contributed by atoms with Crippen LogP contribution in [-0.2, 0) is 6.54 Å². The van der Waals surface area contributed by atoms with Crippen molar-refractivity contribution in [2.75, 3.05) is 0 Å². The minimum Gasteiger partial charge on any atom is -0.437 e. The molecule has 1 heterocycles. The van der Waals surface area contributed by atoms with Crippen LogP contribution >= 0.6 is 22.6 Å². The molecule has 4 nitrogen and oxygen atoms in total. The minimum absolute atomic E-state index is 0.0731. The fourth-order valence-corrected chi connectivity index (χ4v) is 1.72. The molecule has 2 aromatic rings. The van der Waals surface area contributed by atoms with Crippen LogP contribution in [0.5, 0.6) is 11.6 Å². The van der Waals surface area contributed by atoms with Gasteiger partial charge >= 0.3 is 0 Å². The number of hydrogen-bond donors (Lipinski definition) is 1. The quantitative estimate of drug-likeness (QED) is 0.869. The van der Waals surface area contributed by atoms with Gasteiger partial charge in [-0.25, -0.2) is 14.4 Å². The first-order valence-corrected chi connectivity index (χ1v) is 5.91. The molecule has 0 fully saturated rings. The van der Waals surface area contributed by atoms with Gasteiger partial charge in [-0.05, 0) is 34.7 Å². The van der Waals surface area contributed by atoms with Crippen molar-refractivity contribution in [3.8, 4) is 11.6 Å². The molecule has 2 rings (SSSR count). The highest BCUT2D eigenvalue weighted by Crippen LogP contribution is 2.27. The van der Waals surface area contributed by atoms with Crippen LogP contribution in [0.25, 0.3) is 0 Å². The highest BCUT2D eigenvalue weighted by Gasteiger charge is 2.11. The summed E-state index contributed by atoms with van der Waals surface area (Å²) in [6.45, 7) is 0.0731. The van der Waals surface area contributed by atoms with Gasteiger partial charge in [-0.1, -0.05) is 6.07 Å². The molecule has 0 aliphatic heterocycles. The van der Waals surface area contributed by atoms with Crippen LogP contribution in [0.2, 0.25) is 0 Å². The third-order valence-corrected chi connectivity index (χ3v) is 2.86. The molecule has 0 radical (unpaired) electrons. The molecule has 17 heavy (non-hydrogen) atoms. The highest BCUT2D eigenvalue weighted by molar-refractivity contribution is 14.1. The fraction of sp³-hybridized carbons (Fsp3) is 0.0909. The zero-order chi connectivity index (χ0) is 12.3. The topological polar surface area (TPSA) is 61.0 Å². The zero-order valence-corrected chi connectivity index (χ0v) is 10.9. The van der Waals surface area contributed by atoms with Gasteiger partial charge in [0.1, 0.15) is 17.9 Å². The maximum Gasteiger partial charge on any atom is 0.235 e. The van der Waals surface area contributed by atoms with Crippen LogP contribution in [0.4, 0.5) is 4.39 Å². The Morgan fingerprint density at radius 3 is 2.94 bits per heavy atom. The summed E-state index contributed by atoms with van der Waals surface area (Å²) in [5.41, 5.74) is 5.82. The summed E-state index contributed by atoms with van der Waals surface area (Å²) < 4.78 is 19.7. The first-order valence-electron chi connectivity index (χ1n) is 4.83. The van der Waals surface area contributed by atoms with Crippen molar-refractivity contribution in [1.29, 1.82) is 0 Å². The second-order valence-corrected chi connectivity index (χ2v) is 4.36. The van der Waals surface area contributed by atoms with Gasteiger partial charge in [-0.3, -0.25) is 0 Å². The average molecular weight is 345 g/mol. The summed E-state index contributed by atoms with van der Waals surface area (Å²) in [5.74, 6) is 0.388. The summed E-state index contributed by atoms with van der Waals surface area (Å²) in [6, 6.07) is 4.57. The lowest BCUT2D eigenvalue weighted by molar-refractivity contribution is 0.445. The number of nitrogens with zero attached hydrogens (tertiary/aromatic N) is 2. The van der Waals surface area contributed by atoms with Gasteiger partial charge in [0, 0.05) is 18.3 Å². The van der Waals surface area contributed by atoms with Crippen molar-refractivity contribution < 1.29 is 9.13 Å².